The SMILES string of the molecule is NN=C=C1N=CON1. The number of hydrogen-bond donors (Lipinski definition) is 2. The van der Waals surface area contributed by atoms with Crippen LogP contribution in [-0.4, -0.2) is 12.3 Å². The van der Waals surface area contributed by atoms with Crippen molar-refractivity contribution in [2.45, 2.75) is 0 Å². The first kappa shape index (κ1) is 4.67. The highest BCUT2D eigenvalue weighted by atomic mass is 16.7. The van der Waals surface area contributed by atoms with Gasteiger partial charge in [0.05, 0.1) is 5.87 Å². The van der Waals surface area contributed by atoms with E-state index in [0.717, 1.165) is 0 Å². The molecule has 0 aromatic carbocycles. The van der Waals surface area contributed by atoms with Crippen LogP contribution in [0, 0.1) is 0 Å². The van der Waals surface area contributed by atoms with Crippen molar-refractivity contribution in [1.29, 1.82) is 0 Å². The second kappa shape index (κ2) is 1.99. The monoisotopic (exact) mass is 112 g/mol. The molecule has 1 rings (SSSR count). The van der Waals surface area contributed by atoms with Crippen molar-refractivity contribution >= 4 is 12.3 Å². The summed E-state index contributed by atoms with van der Waals surface area (Å²) in [6, 6.07) is 0. The predicted molar refractivity (Wildman–Crippen MR) is 27.8 cm³/mol. The van der Waals surface area contributed by atoms with Crippen LogP contribution in [0.15, 0.2) is 15.9 Å². The Bertz CT molecular complexity index is 166. The van der Waals surface area contributed by atoms with E-state index in [-0.39, 0.29) is 0 Å². The molecular weight excluding hydrogens is 108 g/mol. The Balaban J connectivity index is 2.73. The predicted octanol–water partition coefficient (Wildman–Crippen LogP) is -1.07. The minimum atomic E-state index is 0.382. The quantitative estimate of drug-likeness (QED) is 0.238. The van der Waals surface area contributed by atoms with Crippen LogP contribution < -0.4 is 11.3 Å². The van der Waals surface area contributed by atoms with E-state index < -0.39 is 0 Å². The zero-order chi connectivity index (χ0) is 5.82. The van der Waals surface area contributed by atoms with Crippen molar-refractivity contribution in [3.63, 3.8) is 0 Å². The van der Waals surface area contributed by atoms with E-state index in [2.05, 4.69) is 26.3 Å². The summed E-state index contributed by atoms with van der Waals surface area (Å²) >= 11 is 0. The van der Waals surface area contributed by atoms with Gasteiger partial charge in [0.1, 0.15) is 0 Å². The first-order valence-corrected chi connectivity index (χ1v) is 1.90. The average molecular weight is 112 g/mol. The fourth-order valence-electron chi connectivity index (χ4n) is 0.300. The van der Waals surface area contributed by atoms with Crippen LogP contribution in [-0.2, 0) is 4.84 Å². The normalized spacial score (nSPS) is 14.2. The van der Waals surface area contributed by atoms with Gasteiger partial charge in [-0.25, -0.2) is 0 Å². The van der Waals surface area contributed by atoms with Gasteiger partial charge in [0.15, 0.2) is 0 Å². The molecule has 0 aromatic heterocycles. The summed E-state index contributed by atoms with van der Waals surface area (Å²) < 4.78 is 0. The van der Waals surface area contributed by atoms with Gasteiger partial charge in [-0.05, 0) is 0 Å². The number of nitrogens with zero attached hydrogens (tertiary/aromatic N) is 2. The van der Waals surface area contributed by atoms with Crippen LogP contribution in [0.4, 0.5) is 0 Å². The van der Waals surface area contributed by atoms with Gasteiger partial charge < -0.3 is 10.7 Å². The minimum absolute atomic E-state index is 0.382. The molecule has 5 heteroatoms. The molecule has 42 valence electrons. The topological polar surface area (TPSA) is 72.0 Å². The van der Waals surface area contributed by atoms with Gasteiger partial charge in [-0.2, -0.15) is 10.5 Å². The number of hydroxylamine groups is 1. The van der Waals surface area contributed by atoms with Gasteiger partial charge in [-0.3, -0.25) is 0 Å². The maximum Gasteiger partial charge on any atom is 0.227 e. The third-order valence-corrected chi connectivity index (χ3v) is 0.561. The standard InChI is InChI=1S/C3H4N4O/c4-6-1-3-5-2-8-7-3/h2,7H,4H2. The fraction of sp³-hybridized carbons (Fsp3) is 0. The van der Waals surface area contributed by atoms with Gasteiger partial charge in [0, 0.05) is 0 Å². The Morgan fingerprint density at radius 1 is 2.00 bits per heavy atom. The molecule has 1 aliphatic heterocycles. The Labute approximate surface area is 45.5 Å². The summed E-state index contributed by atoms with van der Waals surface area (Å²) in [7, 11) is 0. The third kappa shape index (κ3) is 0.772. The second-order valence-corrected chi connectivity index (χ2v) is 1.04. The van der Waals surface area contributed by atoms with E-state index in [1.807, 2.05) is 0 Å². The third-order valence-electron chi connectivity index (χ3n) is 0.561. The molecule has 8 heavy (non-hydrogen) atoms. The van der Waals surface area contributed by atoms with E-state index in [1.54, 1.807) is 0 Å². The first-order chi connectivity index (χ1) is 3.93. The zero-order valence-corrected chi connectivity index (χ0v) is 3.96. The number of rotatable bonds is 0. The highest BCUT2D eigenvalue weighted by Gasteiger charge is 1.95. The van der Waals surface area contributed by atoms with Gasteiger partial charge in [-0.1, -0.05) is 0 Å². The number of nitrogens with two attached hydrogens (primary N) is 1. The summed E-state index contributed by atoms with van der Waals surface area (Å²) in [6.07, 6.45) is 1.23. The molecule has 0 aliphatic carbocycles. The maximum absolute atomic E-state index is 4.73. The van der Waals surface area contributed by atoms with Gasteiger partial charge >= 0.3 is 0 Å². The van der Waals surface area contributed by atoms with Crippen molar-refractivity contribution in [2.24, 2.45) is 15.9 Å². The van der Waals surface area contributed by atoms with Crippen molar-refractivity contribution in [2.75, 3.05) is 0 Å². The average Bonchev–Trinajstić information content (AvgIpc) is 2.19. The summed E-state index contributed by atoms with van der Waals surface area (Å²) in [5.41, 5.74) is 2.37. The summed E-state index contributed by atoms with van der Waals surface area (Å²) in [5.74, 6) is 7.44. The molecule has 1 heterocycles. The smallest absolute Gasteiger partial charge is 0.227 e. The number of hydrazone groups is 1. The maximum atomic E-state index is 4.73. The van der Waals surface area contributed by atoms with E-state index in [0.29, 0.717) is 5.82 Å². The second-order valence-electron chi connectivity index (χ2n) is 1.04. The molecule has 3 N–H and O–H groups in total. The van der Waals surface area contributed by atoms with Gasteiger partial charge in [0.2, 0.25) is 12.2 Å². The van der Waals surface area contributed by atoms with Crippen molar-refractivity contribution < 1.29 is 4.84 Å². The number of hydrogen-bond acceptors (Lipinski definition) is 5. The molecular formula is C3H4N4O. The lowest BCUT2D eigenvalue weighted by Gasteiger charge is -1.85. The molecule has 1 aliphatic rings. The van der Waals surface area contributed by atoms with E-state index in [4.69, 9.17) is 5.84 Å². The van der Waals surface area contributed by atoms with E-state index >= 15 is 0 Å². The lowest BCUT2D eigenvalue weighted by atomic mass is 10.8. The van der Waals surface area contributed by atoms with Crippen LogP contribution in [0.3, 0.4) is 0 Å². The lowest BCUT2D eigenvalue weighted by molar-refractivity contribution is 0.251. The van der Waals surface area contributed by atoms with Crippen LogP contribution in [0.25, 0.3) is 0 Å². The van der Waals surface area contributed by atoms with Gasteiger partial charge in [-0.15, -0.1) is 5.10 Å². The van der Waals surface area contributed by atoms with E-state index in [1.165, 1.54) is 6.40 Å². The highest BCUT2D eigenvalue weighted by molar-refractivity contribution is 5.63. The Kier molecular flexibility index (Phi) is 1.16. The van der Waals surface area contributed by atoms with Crippen molar-refractivity contribution in [1.82, 2.24) is 5.48 Å². The molecule has 5 nitrogen and oxygen atoms in total. The zero-order valence-electron chi connectivity index (χ0n) is 3.96. The van der Waals surface area contributed by atoms with Crippen LogP contribution in [0.5, 0.6) is 0 Å². The molecule has 0 saturated heterocycles. The number of aliphatic imine (C=N–C) groups is 1. The molecule has 0 spiro atoms. The van der Waals surface area contributed by atoms with Crippen LogP contribution in [0.1, 0.15) is 0 Å². The minimum Gasteiger partial charge on any atom is -0.368 e. The van der Waals surface area contributed by atoms with Crippen molar-refractivity contribution in [3.05, 3.63) is 5.82 Å². The molecule has 0 atom stereocenters. The Morgan fingerprint density at radius 2 is 2.88 bits per heavy atom. The fourth-order valence-corrected chi connectivity index (χ4v) is 0.300. The molecule has 0 amide bonds. The first-order valence-electron chi connectivity index (χ1n) is 1.90. The molecule has 0 aromatic rings. The summed E-state index contributed by atoms with van der Waals surface area (Å²) in [5, 5.41) is 3.07. The largest absolute Gasteiger partial charge is 0.368 e. The van der Waals surface area contributed by atoms with E-state index in [9.17, 15) is 0 Å². The molecule has 0 bridgehead atoms. The molecule has 0 radical (unpaired) electrons. The molecule has 0 saturated carbocycles. The van der Waals surface area contributed by atoms with Crippen molar-refractivity contribution in [3.8, 4) is 0 Å². The summed E-state index contributed by atoms with van der Waals surface area (Å²) in [4.78, 5) is 8.05. The molecule has 0 fully saturated rings. The lowest BCUT2D eigenvalue weighted by Crippen LogP contribution is -2.03. The van der Waals surface area contributed by atoms with Crippen LogP contribution in [0.2, 0.25) is 0 Å². The Hall–Kier alpha value is -1.48. The summed E-state index contributed by atoms with van der Waals surface area (Å²) in [6.45, 7) is 0. The van der Waals surface area contributed by atoms with Crippen LogP contribution >= 0.6 is 0 Å². The molecule has 0 unspecified atom stereocenters. The highest BCUT2D eigenvalue weighted by Crippen LogP contribution is 1.88. The number of nitrogens with one attached hydrogen (secondary N) is 1. The Morgan fingerprint density at radius 3 is 3.38 bits per heavy atom. The van der Waals surface area contributed by atoms with Gasteiger partial charge in [0.25, 0.3) is 0 Å².